The molecule has 0 aliphatic carbocycles. The van der Waals surface area contributed by atoms with E-state index in [2.05, 4.69) is 53.1 Å². The van der Waals surface area contributed by atoms with Gasteiger partial charge in [0.1, 0.15) is 0 Å². The lowest BCUT2D eigenvalue weighted by Gasteiger charge is -2.16. The predicted molar refractivity (Wildman–Crippen MR) is 76.0 cm³/mol. The van der Waals surface area contributed by atoms with Crippen molar-refractivity contribution in [1.82, 2.24) is 24.9 Å². The third-order valence-electron chi connectivity index (χ3n) is 3.26. The standard InChI is InChI=1S/C14H23N5/c1-5-11-10-13(19(7-3)16-11)14(15-6-2)12-8-9-18(4)17-12/h8-10,14-15H,5-7H2,1-4H3. The quantitative estimate of drug-likeness (QED) is 0.864. The number of rotatable bonds is 6. The van der Waals surface area contributed by atoms with Gasteiger partial charge in [0.2, 0.25) is 0 Å². The van der Waals surface area contributed by atoms with E-state index in [1.54, 1.807) is 0 Å². The Hall–Kier alpha value is -1.62. The molecule has 2 rings (SSSR count). The molecule has 5 nitrogen and oxygen atoms in total. The summed E-state index contributed by atoms with van der Waals surface area (Å²) in [6.07, 6.45) is 2.94. The van der Waals surface area contributed by atoms with Crippen LogP contribution >= 0.6 is 0 Å². The highest BCUT2D eigenvalue weighted by Gasteiger charge is 2.20. The smallest absolute Gasteiger partial charge is 0.0940 e. The highest BCUT2D eigenvalue weighted by Crippen LogP contribution is 2.21. The van der Waals surface area contributed by atoms with Crippen molar-refractivity contribution in [2.24, 2.45) is 7.05 Å². The van der Waals surface area contributed by atoms with Gasteiger partial charge in [-0.05, 0) is 32.0 Å². The zero-order valence-electron chi connectivity index (χ0n) is 12.2. The molecule has 1 unspecified atom stereocenters. The van der Waals surface area contributed by atoms with Crippen LogP contribution in [0.25, 0.3) is 0 Å². The number of hydrogen-bond donors (Lipinski definition) is 1. The van der Waals surface area contributed by atoms with Gasteiger partial charge in [-0.2, -0.15) is 10.2 Å². The molecule has 2 aromatic rings. The molecule has 104 valence electrons. The summed E-state index contributed by atoms with van der Waals surface area (Å²) in [4.78, 5) is 0. The SMILES string of the molecule is CCNC(c1ccn(C)n1)c1cc(CC)nn1CC. The second-order valence-corrected chi connectivity index (χ2v) is 4.63. The summed E-state index contributed by atoms with van der Waals surface area (Å²) in [7, 11) is 1.95. The first-order valence-corrected chi connectivity index (χ1v) is 6.99. The predicted octanol–water partition coefficient (Wildman–Crippen LogP) is 1.90. The summed E-state index contributed by atoms with van der Waals surface area (Å²) in [5.41, 5.74) is 3.37. The summed E-state index contributed by atoms with van der Waals surface area (Å²) >= 11 is 0. The first-order chi connectivity index (χ1) is 9.19. The van der Waals surface area contributed by atoms with Crippen LogP contribution in [-0.2, 0) is 20.0 Å². The van der Waals surface area contributed by atoms with Gasteiger partial charge in [0.25, 0.3) is 0 Å². The second kappa shape index (κ2) is 6.02. The molecule has 0 aromatic carbocycles. The molecule has 0 saturated carbocycles. The Morgan fingerprint density at radius 2 is 2.05 bits per heavy atom. The third kappa shape index (κ3) is 2.87. The topological polar surface area (TPSA) is 47.7 Å². The third-order valence-corrected chi connectivity index (χ3v) is 3.26. The Kier molecular flexibility index (Phi) is 4.37. The summed E-state index contributed by atoms with van der Waals surface area (Å²) in [6.45, 7) is 8.15. The lowest BCUT2D eigenvalue weighted by Crippen LogP contribution is -2.25. The molecule has 0 aliphatic heterocycles. The van der Waals surface area contributed by atoms with E-state index in [-0.39, 0.29) is 6.04 Å². The molecular formula is C14H23N5. The van der Waals surface area contributed by atoms with E-state index in [1.165, 1.54) is 5.69 Å². The minimum absolute atomic E-state index is 0.110. The molecule has 0 fully saturated rings. The number of nitrogens with zero attached hydrogens (tertiary/aromatic N) is 4. The zero-order valence-corrected chi connectivity index (χ0v) is 12.2. The largest absolute Gasteiger partial charge is 0.304 e. The Morgan fingerprint density at radius 1 is 1.26 bits per heavy atom. The normalized spacial score (nSPS) is 12.8. The van der Waals surface area contributed by atoms with Crippen molar-refractivity contribution in [3.8, 4) is 0 Å². The highest BCUT2D eigenvalue weighted by molar-refractivity contribution is 5.23. The van der Waals surface area contributed by atoms with E-state index in [1.807, 2.05) is 17.9 Å². The number of hydrogen-bond acceptors (Lipinski definition) is 3. The van der Waals surface area contributed by atoms with E-state index < -0.39 is 0 Å². The van der Waals surface area contributed by atoms with Crippen LogP contribution in [-0.4, -0.2) is 26.1 Å². The Balaban J connectivity index is 2.40. The molecule has 19 heavy (non-hydrogen) atoms. The van der Waals surface area contributed by atoms with E-state index in [9.17, 15) is 0 Å². The zero-order chi connectivity index (χ0) is 13.8. The van der Waals surface area contributed by atoms with Crippen molar-refractivity contribution in [1.29, 1.82) is 0 Å². The van der Waals surface area contributed by atoms with Crippen LogP contribution in [0.1, 0.15) is 43.9 Å². The fraction of sp³-hybridized carbons (Fsp3) is 0.571. The van der Waals surface area contributed by atoms with Crippen molar-refractivity contribution in [3.63, 3.8) is 0 Å². The maximum Gasteiger partial charge on any atom is 0.0940 e. The lowest BCUT2D eigenvalue weighted by molar-refractivity contribution is 0.527. The van der Waals surface area contributed by atoms with Gasteiger partial charge in [0, 0.05) is 19.8 Å². The van der Waals surface area contributed by atoms with Gasteiger partial charge in [-0.1, -0.05) is 13.8 Å². The van der Waals surface area contributed by atoms with E-state index in [0.717, 1.165) is 30.9 Å². The molecule has 0 spiro atoms. The molecule has 1 N–H and O–H groups in total. The molecule has 0 saturated heterocycles. The van der Waals surface area contributed by atoms with Gasteiger partial charge in [-0.25, -0.2) is 0 Å². The Morgan fingerprint density at radius 3 is 2.58 bits per heavy atom. The van der Waals surface area contributed by atoms with Crippen LogP contribution in [0.15, 0.2) is 18.3 Å². The molecular weight excluding hydrogens is 238 g/mol. The maximum absolute atomic E-state index is 4.62. The lowest BCUT2D eigenvalue weighted by atomic mass is 10.1. The molecule has 2 heterocycles. The van der Waals surface area contributed by atoms with Crippen molar-refractivity contribution >= 4 is 0 Å². The van der Waals surface area contributed by atoms with Crippen molar-refractivity contribution in [2.75, 3.05) is 6.54 Å². The highest BCUT2D eigenvalue weighted by atomic mass is 15.3. The van der Waals surface area contributed by atoms with Crippen molar-refractivity contribution < 1.29 is 0 Å². The van der Waals surface area contributed by atoms with E-state index in [4.69, 9.17) is 0 Å². The van der Waals surface area contributed by atoms with Crippen LogP contribution in [0.2, 0.25) is 0 Å². The molecule has 0 bridgehead atoms. The van der Waals surface area contributed by atoms with Gasteiger partial charge in [-0.3, -0.25) is 9.36 Å². The van der Waals surface area contributed by atoms with Crippen LogP contribution in [0, 0.1) is 0 Å². The minimum atomic E-state index is 0.110. The summed E-state index contributed by atoms with van der Waals surface area (Å²) < 4.78 is 3.91. The molecule has 1 atom stereocenters. The summed E-state index contributed by atoms with van der Waals surface area (Å²) in [5, 5.41) is 12.7. The molecule has 0 amide bonds. The minimum Gasteiger partial charge on any atom is -0.304 e. The van der Waals surface area contributed by atoms with E-state index in [0.29, 0.717) is 0 Å². The monoisotopic (exact) mass is 261 g/mol. The molecule has 0 aliphatic rings. The van der Waals surface area contributed by atoms with Gasteiger partial charge in [0.15, 0.2) is 0 Å². The molecule has 0 radical (unpaired) electrons. The second-order valence-electron chi connectivity index (χ2n) is 4.63. The van der Waals surface area contributed by atoms with Gasteiger partial charge in [-0.15, -0.1) is 0 Å². The Labute approximate surface area is 114 Å². The average molecular weight is 261 g/mol. The number of aryl methyl sites for hydroxylation is 3. The van der Waals surface area contributed by atoms with E-state index >= 15 is 0 Å². The Bertz CT molecular complexity index is 526. The molecule has 5 heteroatoms. The van der Waals surface area contributed by atoms with Gasteiger partial charge < -0.3 is 5.32 Å². The summed E-state index contributed by atoms with van der Waals surface area (Å²) in [5.74, 6) is 0. The first-order valence-electron chi connectivity index (χ1n) is 6.99. The van der Waals surface area contributed by atoms with Crippen LogP contribution < -0.4 is 5.32 Å². The van der Waals surface area contributed by atoms with Crippen molar-refractivity contribution in [2.45, 2.75) is 39.8 Å². The van der Waals surface area contributed by atoms with Crippen LogP contribution in [0.5, 0.6) is 0 Å². The van der Waals surface area contributed by atoms with Crippen molar-refractivity contribution in [3.05, 3.63) is 35.4 Å². The molecule has 2 aromatic heterocycles. The number of aromatic nitrogens is 4. The van der Waals surface area contributed by atoms with Crippen LogP contribution in [0.3, 0.4) is 0 Å². The first kappa shape index (κ1) is 13.8. The maximum atomic E-state index is 4.62. The average Bonchev–Trinajstić information content (AvgIpc) is 3.02. The van der Waals surface area contributed by atoms with Gasteiger partial charge >= 0.3 is 0 Å². The fourth-order valence-corrected chi connectivity index (χ4v) is 2.30. The summed E-state index contributed by atoms with van der Waals surface area (Å²) in [6, 6.07) is 4.36. The van der Waals surface area contributed by atoms with Gasteiger partial charge in [0.05, 0.1) is 23.1 Å². The number of nitrogens with one attached hydrogen (secondary N) is 1. The fourth-order valence-electron chi connectivity index (χ4n) is 2.30. The van der Waals surface area contributed by atoms with Crippen LogP contribution in [0.4, 0.5) is 0 Å².